The maximum atomic E-state index is 4.55. The fraction of sp³-hybridized carbons (Fsp3) is 0.167. The van der Waals surface area contributed by atoms with Crippen LogP contribution in [0.4, 0.5) is 11.8 Å². The van der Waals surface area contributed by atoms with Crippen molar-refractivity contribution < 1.29 is 0 Å². The Kier molecular flexibility index (Phi) is 3.65. The van der Waals surface area contributed by atoms with Crippen molar-refractivity contribution >= 4 is 47.1 Å². The van der Waals surface area contributed by atoms with E-state index in [0.717, 1.165) is 17.2 Å². The van der Waals surface area contributed by atoms with E-state index in [9.17, 15) is 0 Å². The van der Waals surface area contributed by atoms with E-state index in [1.807, 2.05) is 30.8 Å². The van der Waals surface area contributed by atoms with Gasteiger partial charge in [0.2, 0.25) is 5.95 Å². The van der Waals surface area contributed by atoms with Gasteiger partial charge in [0.15, 0.2) is 5.82 Å². The summed E-state index contributed by atoms with van der Waals surface area (Å²) in [6, 6.07) is 3.89. The van der Waals surface area contributed by atoms with Crippen molar-refractivity contribution in [1.29, 1.82) is 0 Å². The predicted octanol–water partition coefficient (Wildman–Crippen LogP) is 3.31. The molecule has 0 amide bonds. The summed E-state index contributed by atoms with van der Waals surface area (Å²) in [7, 11) is 0. The minimum Gasteiger partial charge on any atom is -0.307 e. The number of H-pyrrole nitrogens is 1. The molecular weight excluding hydrogens is 373 g/mol. The molecule has 1 aliphatic heterocycles. The second-order valence-corrected chi connectivity index (χ2v) is 8.34. The van der Waals surface area contributed by atoms with Gasteiger partial charge < -0.3 is 5.32 Å². The Labute approximate surface area is 125 Å². The molecule has 0 aromatic carbocycles. The van der Waals surface area contributed by atoms with Gasteiger partial charge in [-0.1, -0.05) is 32.5 Å². The molecule has 3 heterocycles. The monoisotopic (exact) mass is 385 g/mol. The second-order valence-electron chi connectivity index (χ2n) is 4.03. The van der Waals surface area contributed by atoms with Crippen LogP contribution in [0.15, 0.2) is 27.3 Å². The van der Waals surface area contributed by atoms with Gasteiger partial charge in [-0.3, -0.25) is 5.10 Å². The first-order valence-corrected chi connectivity index (χ1v) is 8.82. The van der Waals surface area contributed by atoms with Gasteiger partial charge in [0.05, 0.1) is 8.53 Å². The van der Waals surface area contributed by atoms with E-state index >= 15 is 0 Å². The van der Waals surface area contributed by atoms with Crippen LogP contribution in [0.1, 0.15) is 18.3 Å². The van der Waals surface area contributed by atoms with Crippen LogP contribution >= 0.6 is 32.5 Å². The van der Waals surface area contributed by atoms with Gasteiger partial charge in [-0.05, 0) is 28.9 Å². The summed E-state index contributed by atoms with van der Waals surface area (Å²) in [6.07, 6.45) is 1.79. The van der Waals surface area contributed by atoms with Crippen molar-refractivity contribution in [1.82, 2.24) is 20.2 Å². The Bertz CT molecular complexity index is 676. The number of aromatic amines is 1. The topological polar surface area (TPSA) is 66.5 Å². The van der Waals surface area contributed by atoms with Crippen LogP contribution in [0.5, 0.6) is 0 Å². The third kappa shape index (κ3) is 3.03. The lowest BCUT2D eigenvalue weighted by atomic mass is 10.4. The van der Waals surface area contributed by atoms with Gasteiger partial charge in [-0.25, -0.2) is 9.97 Å². The van der Waals surface area contributed by atoms with E-state index in [0.29, 0.717) is 5.95 Å². The molecule has 2 N–H and O–H groups in total. The van der Waals surface area contributed by atoms with E-state index in [1.165, 1.54) is 7.75 Å². The normalized spacial score (nSPS) is 14.6. The van der Waals surface area contributed by atoms with Crippen LogP contribution in [0.2, 0.25) is 0 Å². The fourth-order valence-corrected chi connectivity index (χ4v) is 5.88. The maximum Gasteiger partial charge on any atom is 0.228 e. The largest absolute Gasteiger partial charge is 0.307 e. The number of anilines is 2. The molecule has 0 bridgehead atoms. The smallest absolute Gasteiger partial charge is 0.228 e. The van der Waals surface area contributed by atoms with Gasteiger partial charge in [-0.2, -0.15) is 5.10 Å². The van der Waals surface area contributed by atoms with Crippen molar-refractivity contribution in [3.05, 3.63) is 38.7 Å². The third-order valence-corrected chi connectivity index (χ3v) is 7.23. The first-order valence-electron chi connectivity index (χ1n) is 5.68. The minimum absolute atomic E-state index is 0.0340. The number of aryl methyl sites for hydroxylation is 1. The number of nitrogens with one attached hydrogen (secondary N) is 2. The molecule has 2 aromatic rings. The lowest BCUT2D eigenvalue weighted by Gasteiger charge is -2.04. The van der Waals surface area contributed by atoms with Crippen LogP contribution in [-0.4, -0.2) is 23.0 Å². The molecule has 0 fully saturated rings. The Balaban J connectivity index is 1.80. The summed E-state index contributed by atoms with van der Waals surface area (Å²) >= 11 is 1.79. The van der Waals surface area contributed by atoms with E-state index in [1.54, 1.807) is 6.20 Å². The van der Waals surface area contributed by atoms with Crippen LogP contribution in [0.25, 0.3) is 0 Å². The number of rotatable bonds is 3. The molecular formula is C12H12IN5S. The Hall–Kier alpha value is -1.22. The standard InChI is InChI=1S/C12H12IN5S/c1-7-5-10(18-17-7)16-12-14-4-3-9(15-12)11-13-6-8(2)19-11/h3-6H,1-2H3,(H2,14,15,16,17,18). The zero-order chi connectivity index (χ0) is 13.2. The average Bonchev–Trinajstić information content (AvgIpc) is 2.99. The molecule has 7 heteroatoms. The van der Waals surface area contributed by atoms with Gasteiger partial charge in [-0.15, -0.1) is 0 Å². The van der Waals surface area contributed by atoms with Crippen molar-refractivity contribution in [3.8, 4) is 0 Å². The molecule has 0 saturated carbocycles. The predicted molar refractivity (Wildman–Crippen MR) is 88.1 cm³/mol. The molecule has 5 nitrogen and oxygen atoms in total. The minimum atomic E-state index is -0.0340. The van der Waals surface area contributed by atoms with E-state index in [2.05, 4.69) is 36.5 Å². The highest BCUT2D eigenvalue weighted by Gasteiger charge is 2.11. The van der Waals surface area contributed by atoms with Gasteiger partial charge in [0.25, 0.3) is 0 Å². The Morgan fingerprint density at radius 2 is 2.26 bits per heavy atom. The number of thioether (sulfide) groups is 1. The summed E-state index contributed by atoms with van der Waals surface area (Å²) < 4.78 is 3.70. The molecule has 98 valence electrons. The summed E-state index contributed by atoms with van der Waals surface area (Å²) in [4.78, 5) is 10.2. The summed E-state index contributed by atoms with van der Waals surface area (Å²) in [6.45, 7) is 4.10. The van der Waals surface area contributed by atoms with Crippen molar-refractivity contribution in [2.75, 3.05) is 5.32 Å². The zero-order valence-corrected chi connectivity index (χ0v) is 13.4. The molecule has 0 atom stereocenters. The van der Waals surface area contributed by atoms with E-state index in [-0.39, 0.29) is 20.7 Å². The van der Waals surface area contributed by atoms with E-state index < -0.39 is 0 Å². The second kappa shape index (κ2) is 5.41. The quantitative estimate of drug-likeness (QED) is 0.794. The first kappa shape index (κ1) is 12.8. The number of allylic oxidation sites excluding steroid dienone is 1. The van der Waals surface area contributed by atoms with Crippen molar-refractivity contribution in [3.63, 3.8) is 0 Å². The third-order valence-electron chi connectivity index (χ3n) is 2.36. The van der Waals surface area contributed by atoms with E-state index in [4.69, 9.17) is 0 Å². The fourth-order valence-electron chi connectivity index (χ4n) is 1.55. The molecule has 0 aliphatic carbocycles. The Morgan fingerprint density at radius 1 is 1.37 bits per heavy atom. The van der Waals surface area contributed by atoms with Gasteiger partial charge >= 0.3 is 0 Å². The first-order chi connectivity index (χ1) is 9.20. The summed E-state index contributed by atoms with van der Waals surface area (Å²) in [5, 5.41) is 10.1. The lowest BCUT2D eigenvalue weighted by molar-refractivity contribution is 1.04. The number of nitrogens with zero attached hydrogens (tertiary/aromatic N) is 3. The van der Waals surface area contributed by atoms with Gasteiger partial charge in [0.1, 0.15) is 0 Å². The maximum absolute atomic E-state index is 4.55. The van der Waals surface area contributed by atoms with Crippen LogP contribution < -0.4 is 5.32 Å². The molecule has 3 rings (SSSR count). The number of halogens is 1. The molecule has 0 radical (unpaired) electrons. The molecule has 0 saturated heterocycles. The highest BCUT2D eigenvalue weighted by atomic mass is 127. The molecule has 1 aliphatic rings. The SMILES string of the molecule is CC1=CI=C(c2ccnc(Nc3cc(C)[nH]n3)n2)S1. The number of aromatic nitrogens is 4. The average molecular weight is 385 g/mol. The molecule has 0 unspecified atom stereocenters. The van der Waals surface area contributed by atoms with Crippen molar-refractivity contribution in [2.24, 2.45) is 0 Å². The highest BCUT2D eigenvalue weighted by molar-refractivity contribution is 14.2. The Morgan fingerprint density at radius 3 is 2.95 bits per heavy atom. The number of hydrogen-bond acceptors (Lipinski definition) is 5. The zero-order valence-electron chi connectivity index (χ0n) is 10.4. The molecule has 19 heavy (non-hydrogen) atoms. The number of hydrogen-bond donors (Lipinski definition) is 2. The van der Waals surface area contributed by atoms with Crippen LogP contribution in [0.3, 0.4) is 0 Å². The highest BCUT2D eigenvalue weighted by Crippen LogP contribution is 2.34. The lowest BCUT2D eigenvalue weighted by Crippen LogP contribution is -2.02. The molecule has 0 spiro atoms. The van der Waals surface area contributed by atoms with Crippen LogP contribution in [0, 0.1) is 6.92 Å². The van der Waals surface area contributed by atoms with Crippen LogP contribution in [-0.2, 0) is 0 Å². The summed E-state index contributed by atoms with van der Waals surface area (Å²) in [5.74, 6) is 1.33. The van der Waals surface area contributed by atoms with Gasteiger partial charge in [0, 0.05) is 18.0 Å². The van der Waals surface area contributed by atoms with Crippen molar-refractivity contribution in [2.45, 2.75) is 13.8 Å². The molecule has 2 aromatic heterocycles. The summed E-state index contributed by atoms with van der Waals surface area (Å²) in [5.41, 5.74) is 2.03.